The van der Waals surface area contributed by atoms with Crippen molar-refractivity contribution in [1.29, 1.82) is 0 Å². The number of amides is 1. The molecule has 33 heavy (non-hydrogen) atoms. The van der Waals surface area contributed by atoms with E-state index in [0.29, 0.717) is 16.5 Å². The average molecular weight is 474 g/mol. The maximum absolute atomic E-state index is 12.5. The zero-order valence-electron chi connectivity index (χ0n) is 18.2. The van der Waals surface area contributed by atoms with Crippen LogP contribution in [-0.2, 0) is 4.79 Å². The van der Waals surface area contributed by atoms with Crippen LogP contribution in [0, 0.1) is 6.92 Å². The minimum absolute atomic E-state index is 0.111. The van der Waals surface area contributed by atoms with Gasteiger partial charge in [-0.15, -0.1) is 0 Å². The summed E-state index contributed by atoms with van der Waals surface area (Å²) in [6.45, 7) is 3.53. The molecule has 3 aromatic carbocycles. The molecule has 0 radical (unpaired) electrons. The maximum atomic E-state index is 12.5. The van der Waals surface area contributed by atoms with Crippen LogP contribution in [0.2, 0.25) is 10.0 Å². The number of hydrogen-bond acceptors (Lipinski definition) is 3. The summed E-state index contributed by atoms with van der Waals surface area (Å²) in [5.74, 6) is -0.111. The van der Waals surface area contributed by atoms with E-state index in [9.17, 15) is 4.79 Å². The van der Waals surface area contributed by atoms with E-state index in [1.807, 2.05) is 67.6 Å². The van der Waals surface area contributed by atoms with E-state index in [2.05, 4.69) is 12.1 Å². The molecule has 164 valence electrons. The standard InChI is InChI=1S/C27H21Cl2N3O/c1-16-26(24-15-25(32(31-24)17(2)33)18-8-10-20(28)11-9-18)27(19-6-4-3-5-7-19)22-14-21(29)12-13-23(22)30-16/h3-14,25H,15H2,1-2H3/t25-/m1/s1. The van der Waals surface area contributed by atoms with E-state index < -0.39 is 0 Å². The Morgan fingerprint density at radius 3 is 2.33 bits per heavy atom. The second-order valence-corrected chi connectivity index (χ2v) is 9.03. The fourth-order valence-electron chi connectivity index (χ4n) is 4.51. The van der Waals surface area contributed by atoms with Crippen LogP contribution in [0.15, 0.2) is 77.9 Å². The number of nitrogens with zero attached hydrogens (tertiary/aromatic N) is 3. The number of halogens is 2. The quantitative estimate of drug-likeness (QED) is 0.315. The van der Waals surface area contributed by atoms with Gasteiger partial charge in [-0.3, -0.25) is 9.78 Å². The predicted molar refractivity (Wildman–Crippen MR) is 135 cm³/mol. The summed E-state index contributed by atoms with van der Waals surface area (Å²) in [5.41, 5.74) is 6.58. The molecule has 1 aliphatic heterocycles. The van der Waals surface area contributed by atoms with E-state index in [0.717, 1.165) is 44.6 Å². The maximum Gasteiger partial charge on any atom is 0.240 e. The number of benzene rings is 3. The predicted octanol–water partition coefficient (Wildman–Crippen LogP) is 7.21. The molecule has 0 aliphatic carbocycles. The Morgan fingerprint density at radius 2 is 1.64 bits per heavy atom. The van der Waals surface area contributed by atoms with Gasteiger partial charge in [-0.05, 0) is 48.4 Å². The molecule has 2 heterocycles. The van der Waals surface area contributed by atoms with E-state index in [1.165, 1.54) is 0 Å². The Bertz CT molecular complexity index is 1400. The number of carbonyl (C=O) groups excluding carboxylic acids is 1. The summed E-state index contributed by atoms with van der Waals surface area (Å²) in [7, 11) is 0. The van der Waals surface area contributed by atoms with Gasteiger partial charge in [0.2, 0.25) is 5.91 Å². The molecule has 0 saturated heterocycles. The van der Waals surface area contributed by atoms with Crippen LogP contribution in [0.3, 0.4) is 0 Å². The van der Waals surface area contributed by atoms with Gasteiger partial charge in [-0.1, -0.05) is 65.7 Å². The van der Waals surface area contributed by atoms with Crippen LogP contribution < -0.4 is 0 Å². The van der Waals surface area contributed by atoms with Crippen molar-refractivity contribution in [3.05, 3.63) is 99.7 Å². The number of rotatable bonds is 3. The van der Waals surface area contributed by atoms with Gasteiger partial charge in [-0.25, -0.2) is 5.01 Å². The van der Waals surface area contributed by atoms with Crippen molar-refractivity contribution in [2.75, 3.05) is 0 Å². The first kappa shape index (κ1) is 21.6. The van der Waals surface area contributed by atoms with Crippen molar-refractivity contribution in [2.24, 2.45) is 5.10 Å². The lowest BCUT2D eigenvalue weighted by atomic mass is 9.89. The molecule has 0 bridgehead atoms. The van der Waals surface area contributed by atoms with Gasteiger partial charge in [-0.2, -0.15) is 5.10 Å². The number of fused-ring (bicyclic) bond motifs is 1. The Balaban J connectivity index is 1.73. The van der Waals surface area contributed by atoms with Crippen LogP contribution in [-0.4, -0.2) is 21.6 Å². The number of aromatic nitrogens is 1. The summed E-state index contributed by atoms with van der Waals surface area (Å²) < 4.78 is 0. The minimum Gasteiger partial charge on any atom is -0.273 e. The average Bonchev–Trinajstić information content (AvgIpc) is 3.25. The van der Waals surface area contributed by atoms with Gasteiger partial charge >= 0.3 is 0 Å². The molecule has 1 amide bonds. The van der Waals surface area contributed by atoms with Crippen LogP contribution in [0.4, 0.5) is 0 Å². The second-order valence-electron chi connectivity index (χ2n) is 8.16. The SMILES string of the molecule is CC(=O)N1N=C(c2c(C)nc3ccc(Cl)cc3c2-c2ccccc2)C[C@@H]1c1ccc(Cl)cc1. The van der Waals surface area contributed by atoms with Gasteiger partial charge in [0, 0.05) is 45.6 Å². The highest BCUT2D eigenvalue weighted by molar-refractivity contribution is 6.31. The first-order chi connectivity index (χ1) is 15.9. The third kappa shape index (κ3) is 4.01. The Hall–Kier alpha value is -3.21. The third-order valence-electron chi connectivity index (χ3n) is 5.97. The zero-order chi connectivity index (χ0) is 23.1. The molecule has 1 aliphatic rings. The smallest absolute Gasteiger partial charge is 0.240 e. The number of hydrogen-bond donors (Lipinski definition) is 0. The molecule has 0 unspecified atom stereocenters. The molecular weight excluding hydrogens is 453 g/mol. The highest BCUT2D eigenvalue weighted by Crippen LogP contribution is 2.40. The van der Waals surface area contributed by atoms with E-state index >= 15 is 0 Å². The molecule has 0 saturated carbocycles. The summed E-state index contributed by atoms with van der Waals surface area (Å²) >= 11 is 12.5. The molecule has 6 heteroatoms. The molecule has 4 nitrogen and oxygen atoms in total. The van der Waals surface area contributed by atoms with Crippen LogP contribution in [0.1, 0.15) is 36.2 Å². The van der Waals surface area contributed by atoms with Crippen LogP contribution in [0.5, 0.6) is 0 Å². The lowest BCUT2D eigenvalue weighted by Crippen LogP contribution is -2.24. The minimum atomic E-state index is -0.201. The Kier molecular flexibility index (Phi) is 5.65. The topological polar surface area (TPSA) is 45.6 Å². The monoisotopic (exact) mass is 473 g/mol. The van der Waals surface area contributed by atoms with Gasteiger partial charge in [0.25, 0.3) is 0 Å². The molecule has 0 spiro atoms. The zero-order valence-corrected chi connectivity index (χ0v) is 19.7. The fourth-order valence-corrected chi connectivity index (χ4v) is 4.81. The van der Waals surface area contributed by atoms with Gasteiger partial charge in [0.15, 0.2) is 0 Å². The first-order valence-electron chi connectivity index (χ1n) is 10.7. The molecule has 1 atom stereocenters. The van der Waals surface area contributed by atoms with Gasteiger partial charge < -0.3 is 0 Å². The first-order valence-corrected chi connectivity index (χ1v) is 11.5. The summed E-state index contributed by atoms with van der Waals surface area (Å²) in [6.07, 6.45) is 0.579. The van der Waals surface area contributed by atoms with E-state index in [4.69, 9.17) is 33.3 Å². The Labute approximate surface area is 202 Å². The fraction of sp³-hybridized carbons (Fsp3) is 0.148. The van der Waals surface area contributed by atoms with E-state index in [1.54, 1.807) is 11.9 Å². The largest absolute Gasteiger partial charge is 0.273 e. The van der Waals surface area contributed by atoms with Crippen molar-refractivity contribution in [3.8, 4) is 11.1 Å². The number of carbonyl (C=O) groups is 1. The molecule has 0 N–H and O–H groups in total. The van der Waals surface area contributed by atoms with Crippen molar-refractivity contribution in [3.63, 3.8) is 0 Å². The molecule has 5 rings (SSSR count). The van der Waals surface area contributed by atoms with Crippen LogP contribution in [0.25, 0.3) is 22.0 Å². The van der Waals surface area contributed by atoms with Crippen molar-refractivity contribution >= 4 is 45.7 Å². The normalized spacial score (nSPS) is 15.7. The van der Waals surface area contributed by atoms with Crippen molar-refractivity contribution in [1.82, 2.24) is 9.99 Å². The molecular formula is C27H21Cl2N3O. The summed E-state index contributed by atoms with van der Waals surface area (Å²) in [5, 5.41) is 8.64. The second kappa shape index (κ2) is 8.62. The third-order valence-corrected chi connectivity index (χ3v) is 6.45. The number of pyridine rings is 1. The summed E-state index contributed by atoms with van der Waals surface area (Å²) in [4.78, 5) is 17.4. The van der Waals surface area contributed by atoms with Gasteiger partial charge in [0.1, 0.15) is 0 Å². The van der Waals surface area contributed by atoms with Crippen molar-refractivity contribution < 1.29 is 4.79 Å². The lowest BCUT2D eigenvalue weighted by molar-refractivity contribution is -0.130. The lowest BCUT2D eigenvalue weighted by Gasteiger charge is -2.20. The Morgan fingerprint density at radius 1 is 0.939 bits per heavy atom. The van der Waals surface area contributed by atoms with Crippen molar-refractivity contribution in [2.45, 2.75) is 26.3 Å². The number of aryl methyl sites for hydroxylation is 1. The highest BCUT2D eigenvalue weighted by atomic mass is 35.5. The summed E-state index contributed by atoms with van der Waals surface area (Å²) in [6, 6.07) is 23.3. The molecule has 1 aromatic heterocycles. The van der Waals surface area contributed by atoms with Crippen LogP contribution >= 0.6 is 23.2 Å². The number of hydrazone groups is 1. The van der Waals surface area contributed by atoms with E-state index in [-0.39, 0.29) is 11.9 Å². The molecule has 0 fully saturated rings. The van der Waals surface area contributed by atoms with Gasteiger partial charge in [0.05, 0.1) is 17.3 Å². The molecule has 4 aromatic rings. The highest BCUT2D eigenvalue weighted by Gasteiger charge is 2.33.